The molecule has 0 aliphatic heterocycles. The third kappa shape index (κ3) is 3.83. The molecule has 0 fully saturated rings. The van der Waals surface area contributed by atoms with Gasteiger partial charge in [-0.15, -0.1) is 5.10 Å². The van der Waals surface area contributed by atoms with Crippen LogP contribution in [0.15, 0.2) is 47.3 Å². The predicted molar refractivity (Wildman–Crippen MR) is 103 cm³/mol. The third-order valence-electron chi connectivity index (χ3n) is 4.22. The number of rotatable bonds is 5. The fraction of sp³-hybridized carbons (Fsp3) is 0.211. The molecular weight excluding hydrogens is 360 g/mol. The van der Waals surface area contributed by atoms with Crippen LogP contribution in [0, 0.1) is 13.8 Å². The minimum atomic E-state index is -0.861. The van der Waals surface area contributed by atoms with Gasteiger partial charge >= 0.3 is 0 Å². The first kappa shape index (κ1) is 19.0. The number of carbonyl (C=O) groups is 2. The van der Waals surface area contributed by atoms with E-state index in [1.54, 1.807) is 29.8 Å². The predicted octanol–water partition coefficient (Wildman–Crippen LogP) is 1.34. The van der Waals surface area contributed by atoms with Gasteiger partial charge in [0, 0.05) is 23.0 Å². The highest BCUT2D eigenvalue weighted by atomic mass is 16.2. The Morgan fingerprint density at radius 1 is 1.07 bits per heavy atom. The molecule has 0 saturated carbocycles. The highest BCUT2D eigenvalue weighted by Crippen LogP contribution is 2.13. The standard InChI is InChI=1S/C19H20N6O3/c1-11-10-12(2)24(22-11)16-8-9-17(26)25(23-16)13(3)19(28)21-15-6-4-14(5-7-15)18(20)27/h4-10,13H,1-3H3,(H2,20,27)(H,21,28). The lowest BCUT2D eigenvalue weighted by molar-refractivity contribution is -0.119. The third-order valence-corrected chi connectivity index (χ3v) is 4.22. The van der Waals surface area contributed by atoms with Gasteiger partial charge in [-0.25, -0.2) is 9.36 Å². The molecule has 144 valence electrons. The van der Waals surface area contributed by atoms with Crippen molar-refractivity contribution in [3.8, 4) is 5.82 Å². The first-order valence-electron chi connectivity index (χ1n) is 8.60. The quantitative estimate of drug-likeness (QED) is 0.691. The molecule has 1 unspecified atom stereocenters. The van der Waals surface area contributed by atoms with Crippen LogP contribution in [-0.2, 0) is 4.79 Å². The van der Waals surface area contributed by atoms with E-state index in [-0.39, 0.29) is 0 Å². The number of nitrogens with two attached hydrogens (primary N) is 1. The van der Waals surface area contributed by atoms with E-state index in [0.29, 0.717) is 17.1 Å². The molecule has 9 nitrogen and oxygen atoms in total. The Hall–Kier alpha value is -3.75. The van der Waals surface area contributed by atoms with Crippen molar-refractivity contribution in [1.82, 2.24) is 19.6 Å². The summed E-state index contributed by atoms with van der Waals surface area (Å²) in [6.07, 6.45) is 0. The maximum atomic E-state index is 12.6. The van der Waals surface area contributed by atoms with E-state index in [9.17, 15) is 14.4 Å². The van der Waals surface area contributed by atoms with E-state index in [4.69, 9.17) is 5.73 Å². The summed E-state index contributed by atoms with van der Waals surface area (Å²) in [5.41, 5.74) is 7.29. The molecule has 0 spiro atoms. The fourth-order valence-electron chi connectivity index (χ4n) is 2.74. The Labute approximate surface area is 160 Å². The molecule has 0 bridgehead atoms. The molecule has 3 aromatic rings. The van der Waals surface area contributed by atoms with Gasteiger partial charge in [0.2, 0.25) is 11.8 Å². The highest BCUT2D eigenvalue weighted by Gasteiger charge is 2.19. The summed E-state index contributed by atoms with van der Waals surface area (Å²) in [5.74, 6) is -0.537. The summed E-state index contributed by atoms with van der Waals surface area (Å²) in [6, 6.07) is 10.1. The van der Waals surface area contributed by atoms with E-state index in [1.165, 1.54) is 18.2 Å². The number of nitrogens with zero attached hydrogens (tertiary/aromatic N) is 4. The molecular formula is C19H20N6O3. The summed E-state index contributed by atoms with van der Waals surface area (Å²) < 4.78 is 2.72. The number of aromatic nitrogens is 4. The van der Waals surface area contributed by atoms with Gasteiger partial charge in [0.1, 0.15) is 6.04 Å². The summed E-state index contributed by atoms with van der Waals surface area (Å²) in [4.78, 5) is 35.9. The second-order valence-corrected chi connectivity index (χ2v) is 6.42. The molecule has 0 aliphatic rings. The molecule has 28 heavy (non-hydrogen) atoms. The molecule has 3 N–H and O–H groups in total. The van der Waals surface area contributed by atoms with Gasteiger partial charge in [0.15, 0.2) is 5.82 Å². The van der Waals surface area contributed by atoms with Gasteiger partial charge in [-0.3, -0.25) is 14.4 Å². The van der Waals surface area contributed by atoms with Crippen molar-refractivity contribution in [3.05, 3.63) is 69.8 Å². The average molecular weight is 380 g/mol. The average Bonchev–Trinajstić information content (AvgIpc) is 3.00. The first-order valence-corrected chi connectivity index (χ1v) is 8.60. The second-order valence-electron chi connectivity index (χ2n) is 6.42. The van der Waals surface area contributed by atoms with Crippen LogP contribution in [0.5, 0.6) is 0 Å². The van der Waals surface area contributed by atoms with Crippen LogP contribution in [-0.4, -0.2) is 31.4 Å². The summed E-state index contributed by atoms with van der Waals surface area (Å²) >= 11 is 0. The van der Waals surface area contributed by atoms with Crippen molar-refractivity contribution < 1.29 is 9.59 Å². The Kier molecular flexibility index (Phi) is 5.08. The molecule has 2 amide bonds. The zero-order valence-electron chi connectivity index (χ0n) is 15.7. The molecule has 0 radical (unpaired) electrons. The van der Waals surface area contributed by atoms with Crippen molar-refractivity contribution in [2.24, 2.45) is 5.73 Å². The van der Waals surface area contributed by atoms with Crippen LogP contribution in [0.3, 0.4) is 0 Å². The minimum Gasteiger partial charge on any atom is -0.366 e. The van der Waals surface area contributed by atoms with Gasteiger partial charge in [-0.1, -0.05) is 0 Å². The zero-order chi connectivity index (χ0) is 20.4. The van der Waals surface area contributed by atoms with Crippen LogP contribution in [0.4, 0.5) is 5.69 Å². The Morgan fingerprint density at radius 3 is 2.32 bits per heavy atom. The van der Waals surface area contributed by atoms with E-state index in [2.05, 4.69) is 15.5 Å². The maximum Gasteiger partial charge on any atom is 0.267 e. The van der Waals surface area contributed by atoms with Crippen molar-refractivity contribution in [2.75, 3.05) is 5.32 Å². The Morgan fingerprint density at radius 2 is 1.75 bits per heavy atom. The lowest BCUT2D eigenvalue weighted by Crippen LogP contribution is -2.33. The number of carbonyl (C=O) groups excluding carboxylic acids is 2. The molecule has 1 atom stereocenters. The number of aryl methyl sites for hydroxylation is 2. The zero-order valence-corrected chi connectivity index (χ0v) is 15.7. The van der Waals surface area contributed by atoms with E-state index in [0.717, 1.165) is 16.1 Å². The van der Waals surface area contributed by atoms with E-state index < -0.39 is 23.4 Å². The number of anilines is 1. The second kappa shape index (κ2) is 7.47. The molecule has 2 heterocycles. The van der Waals surface area contributed by atoms with Crippen LogP contribution < -0.4 is 16.6 Å². The van der Waals surface area contributed by atoms with Crippen molar-refractivity contribution in [1.29, 1.82) is 0 Å². The lowest BCUT2D eigenvalue weighted by atomic mass is 10.2. The largest absolute Gasteiger partial charge is 0.366 e. The number of primary amides is 1. The van der Waals surface area contributed by atoms with Gasteiger partial charge < -0.3 is 11.1 Å². The number of amides is 2. The van der Waals surface area contributed by atoms with Crippen LogP contribution in [0.1, 0.15) is 34.7 Å². The summed E-state index contributed by atoms with van der Waals surface area (Å²) in [6.45, 7) is 5.31. The minimum absolute atomic E-state index is 0.335. The fourth-order valence-corrected chi connectivity index (χ4v) is 2.74. The van der Waals surface area contributed by atoms with Crippen molar-refractivity contribution >= 4 is 17.5 Å². The molecule has 2 aromatic heterocycles. The van der Waals surface area contributed by atoms with Crippen molar-refractivity contribution in [2.45, 2.75) is 26.8 Å². The molecule has 0 aliphatic carbocycles. The highest BCUT2D eigenvalue weighted by molar-refractivity contribution is 5.95. The molecule has 9 heteroatoms. The van der Waals surface area contributed by atoms with E-state index >= 15 is 0 Å². The van der Waals surface area contributed by atoms with Gasteiger partial charge in [-0.2, -0.15) is 5.10 Å². The number of hydrogen-bond donors (Lipinski definition) is 2. The first-order chi connectivity index (χ1) is 13.3. The van der Waals surface area contributed by atoms with Gasteiger partial charge in [0.05, 0.1) is 5.69 Å². The monoisotopic (exact) mass is 380 g/mol. The number of hydrogen-bond acceptors (Lipinski definition) is 5. The summed E-state index contributed by atoms with van der Waals surface area (Å²) in [5, 5.41) is 11.3. The molecule has 1 aromatic carbocycles. The normalized spacial score (nSPS) is 11.8. The Bertz CT molecular complexity index is 1100. The Balaban J connectivity index is 1.85. The van der Waals surface area contributed by atoms with Crippen molar-refractivity contribution in [3.63, 3.8) is 0 Å². The van der Waals surface area contributed by atoms with Crippen LogP contribution >= 0.6 is 0 Å². The lowest BCUT2D eigenvalue weighted by Gasteiger charge is -2.15. The van der Waals surface area contributed by atoms with Crippen LogP contribution in [0.25, 0.3) is 5.82 Å². The number of nitrogens with one attached hydrogen (secondary N) is 1. The SMILES string of the molecule is Cc1cc(C)n(-c2ccc(=O)n(C(C)C(=O)Nc3ccc(C(N)=O)cc3)n2)n1. The topological polar surface area (TPSA) is 125 Å². The van der Waals surface area contributed by atoms with Crippen LogP contribution in [0.2, 0.25) is 0 Å². The van der Waals surface area contributed by atoms with Gasteiger partial charge in [0.25, 0.3) is 5.56 Å². The van der Waals surface area contributed by atoms with E-state index in [1.807, 2.05) is 19.9 Å². The molecule has 0 saturated heterocycles. The van der Waals surface area contributed by atoms with Gasteiger partial charge in [-0.05, 0) is 57.2 Å². The summed E-state index contributed by atoms with van der Waals surface area (Å²) in [7, 11) is 0. The maximum absolute atomic E-state index is 12.6. The smallest absolute Gasteiger partial charge is 0.267 e. The molecule has 3 rings (SSSR count). The number of benzene rings is 1.